The molecule has 1 unspecified atom stereocenters. The molecular formula is C18H29NO3S. The molecule has 1 aromatic rings. The number of hydrogen-bond donors (Lipinski definition) is 2. The number of hydrogen-bond acceptors (Lipinski definition) is 3. The maximum absolute atomic E-state index is 12.5. The molecule has 1 saturated carbocycles. The quantitative estimate of drug-likeness (QED) is 0.764. The molecule has 5 heteroatoms. The highest BCUT2D eigenvalue weighted by Crippen LogP contribution is 2.47. The monoisotopic (exact) mass is 339 g/mol. The summed E-state index contributed by atoms with van der Waals surface area (Å²) in [6.07, 6.45) is 3.93. The largest absolute Gasteiger partial charge is 0.396 e. The standard InChI is InChI=1S/C18H29NO3S/c1-14(2)16-5-7-17(8-6-16)23(21,22)19-13-18(10-4-11-18)15(3)9-12-20/h5-8,14-15,19-20H,4,9-13H2,1-3H3. The van der Waals surface area contributed by atoms with Gasteiger partial charge in [0.1, 0.15) is 0 Å². The van der Waals surface area contributed by atoms with Crippen LogP contribution in [0.3, 0.4) is 0 Å². The first kappa shape index (κ1) is 18.4. The van der Waals surface area contributed by atoms with Crippen LogP contribution in [0.1, 0.15) is 57.9 Å². The second-order valence-electron chi connectivity index (χ2n) is 7.18. The Morgan fingerprint density at radius 3 is 2.22 bits per heavy atom. The lowest BCUT2D eigenvalue weighted by molar-refractivity contribution is 0.0487. The van der Waals surface area contributed by atoms with Crippen molar-refractivity contribution in [1.29, 1.82) is 0 Å². The molecule has 0 saturated heterocycles. The average molecular weight is 340 g/mol. The van der Waals surface area contributed by atoms with Gasteiger partial charge in [-0.3, -0.25) is 0 Å². The lowest BCUT2D eigenvalue weighted by Gasteiger charge is -2.46. The molecule has 0 spiro atoms. The first-order chi connectivity index (χ1) is 10.8. The summed E-state index contributed by atoms with van der Waals surface area (Å²) in [5, 5.41) is 9.16. The molecule has 0 amide bonds. The van der Waals surface area contributed by atoms with E-state index in [9.17, 15) is 8.42 Å². The maximum atomic E-state index is 12.5. The van der Waals surface area contributed by atoms with Gasteiger partial charge in [-0.2, -0.15) is 0 Å². The highest BCUT2D eigenvalue weighted by Gasteiger charge is 2.42. The zero-order valence-corrected chi connectivity index (χ0v) is 15.2. The average Bonchev–Trinajstić information content (AvgIpc) is 2.46. The molecule has 4 nitrogen and oxygen atoms in total. The van der Waals surface area contributed by atoms with Crippen LogP contribution in [0.15, 0.2) is 29.2 Å². The van der Waals surface area contributed by atoms with Gasteiger partial charge in [0.25, 0.3) is 0 Å². The first-order valence-electron chi connectivity index (χ1n) is 8.51. The maximum Gasteiger partial charge on any atom is 0.240 e. The molecule has 0 heterocycles. The summed E-state index contributed by atoms with van der Waals surface area (Å²) >= 11 is 0. The van der Waals surface area contributed by atoms with Gasteiger partial charge in [-0.25, -0.2) is 13.1 Å². The van der Waals surface area contributed by atoms with Crippen LogP contribution in [0.2, 0.25) is 0 Å². The zero-order chi connectivity index (χ0) is 17.1. The lowest BCUT2D eigenvalue weighted by Crippen LogP contribution is -2.46. The van der Waals surface area contributed by atoms with Crippen molar-refractivity contribution in [2.45, 2.75) is 57.3 Å². The lowest BCUT2D eigenvalue weighted by atomic mass is 9.61. The van der Waals surface area contributed by atoms with E-state index in [1.807, 2.05) is 12.1 Å². The highest BCUT2D eigenvalue weighted by molar-refractivity contribution is 7.89. The van der Waals surface area contributed by atoms with Gasteiger partial charge >= 0.3 is 0 Å². The molecule has 1 aromatic carbocycles. The van der Waals surface area contributed by atoms with Crippen LogP contribution in [-0.4, -0.2) is 26.7 Å². The molecule has 130 valence electrons. The van der Waals surface area contributed by atoms with Crippen molar-refractivity contribution in [2.24, 2.45) is 11.3 Å². The second kappa shape index (κ2) is 7.32. The third-order valence-corrected chi connectivity index (χ3v) is 6.85. The normalized spacial score (nSPS) is 18.7. The minimum absolute atomic E-state index is 0.00761. The van der Waals surface area contributed by atoms with E-state index in [1.165, 1.54) is 0 Å². The van der Waals surface area contributed by atoms with Crippen molar-refractivity contribution in [2.75, 3.05) is 13.2 Å². The van der Waals surface area contributed by atoms with Crippen LogP contribution < -0.4 is 4.72 Å². The summed E-state index contributed by atoms with van der Waals surface area (Å²) in [4.78, 5) is 0.325. The van der Waals surface area contributed by atoms with Gasteiger partial charge in [0.2, 0.25) is 10.0 Å². The van der Waals surface area contributed by atoms with E-state index in [1.54, 1.807) is 12.1 Å². The summed E-state index contributed by atoms with van der Waals surface area (Å²) in [5.41, 5.74) is 1.14. The number of rotatable bonds is 8. The summed E-state index contributed by atoms with van der Waals surface area (Å²) < 4.78 is 27.8. The van der Waals surface area contributed by atoms with Gasteiger partial charge in [0.15, 0.2) is 0 Å². The molecule has 1 aliphatic carbocycles. The van der Waals surface area contributed by atoms with E-state index >= 15 is 0 Å². The number of benzene rings is 1. The number of aliphatic hydroxyl groups excluding tert-OH is 1. The Labute approximate surface area is 140 Å². The second-order valence-corrected chi connectivity index (χ2v) is 8.94. The van der Waals surface area contributed by atoms with E-state index in [2.05, 4.69) is 25.5 Å². The van der Waals surface area contributed by atoms with Gasteiger partial charge in [0.05, 0.1) is 4.90 Å². The fraction of sp³-hybridized carbons (Fsp3) is 0.667. The molecule has 0 radical (unpaired) electrons. The summed E-state index contributed by atoms with van der Waals surface area (Å²) in [7, 11) is -3.47. The Morgan fingerprint density at radius 1 is 1.17 bits per heavy atom. The van der Waals surface area contributed by atoms with Gasteiger partial charge in [0, 0.05) is 13.2 Å². The zero-order valence-electron chi connectivity index (χ0n) is 14.4. The molecule has 2 N–H and O–H groups in total. The summed E-state index contributed by atoms with van der Waals surface area (Å²) in [5.74, 6) is 0.713. The molecule has 0 aromatic heterocycles. The van der Waals surface area contributed by atoms with E-state index in [0.29, 0.717) is 23.3 Å². The van der Waals surface area contributed by atoms with Crippen molar-refractivity contribution >= 4 is 10.0 Å². The molecule has 1 aliphatic rings. The van der Waals surface area contributed by atoms with Crippen LogP contribution >= 0.6 is 0 Å². The third-order valence-electron chi connectivity index (χ3n) is 5.43. The van der Waals surface area contributed by atoms with Crippen molar-refractivity contribution in [3.63, 3.8) is 0 Å². The Hall–Kier alpha value is -0.910. The Morgan fingerprint density at radius 2 is 1.78 bits per heavy atom. The van der Waals surface area contributed by atoms with Crippen LogP contribution in [0.4, 0.5) is 0 Å². The Balaban J connectivity index is 2.06. The highest BCUT2D eigenvalue weighted by atomic mass is 32.2. The number of sulfonamides is 1. The molecule has 0 bridgehead atoms. The van der Waals surface area contributed by atoms with Gasteiger partial charge < -0.3 is 5.11 Å². The fourth-order valence-electron chi connectivity index (χ4n) is 3.33. The molecular weight excluding hydrogens is 310 g/mol. The van der Waals surface area contributed by atoms with E-state index < -0.39 is 10.0 Å². The molecule has 2 rings (SSSR count). The van der Waals surface area contributed by atoms with Crippen molar-refractivity contribution in [1.82, 2.24) is 4.72 Å². The van der Waals surface area contributed by atoms with Gasteiger partial charge in [-0.15, -0.1) is 0 Å². The summed E-state index contributed by atoms with van der Waals surface area (Å²) in [6, 6.07) is 7.13. The van der Waals surface area contributed by atoms with Gasteiger partial charge in [-0.1, -0.05) is 39.3 Å². The molecule has 0 aliphatic heterocycles. The SMILES string of the molecule is CC(C)c1ccc(S(=O)(=O)NCC2(C(C)CCO)CCC2)cc1. The van der Waals surface area contributed by atoms with Crippen LogP contribution in [0.25, 0.3) is 0 Å². The predicted molar refractivity (Wildman–Crippen MR) is 92.9 cm³/mol. The fourth-order valence-corrected chi connectivity index (χ4v) is 4.47. The minimum atomic E-state index is -3.47. The van der Waals surface area contributed by atoms with Crippen molar-refractivity contribution in [3.05, 3.63) is 29.8 Å². The molecule has 23 heavy (non-hydrogen) atoms. The van der Waals surface area contributed by atoms with Crippen LogP contribution in [0, 0.1) is 11.3 Å². The third kappa shape index (κ3) is 4.14. The summed E-state index contributed by atoms with van der Waals surface area (Å²) in [6.45, 7) is 6.91. The van der Waals surface area contributed by atoms with E-state index in [-0.39, 0.29) is 12.0 Å². The number of nitrogens with one attached hydrogen (secondary N) is 1. The van der Waals surface area contributed by atoms with Gasteiger partial charge in [-0.05, 0) is 54.2 Å². The Kier molecular flexibility index (Phi) is 5.87. The number of aliphatic hydroxyl groups is 1. The molecule has 1 fully saturated rings. The molecule has 1 atom stereocenters. The van der Waals surface area contributed by atoms with E-state index in [0.717, 1.165) is 31.2 Å². The predicted octanol–water partition coefficient (Wildman–Crippen LogP) is 3.28. The minimum Gasteiger partial charge on any atom is -0.396 e. The van der Waals surface area contributed by atoms with Crippen molar-refractivity contribution in [3.8, 4) is 0 Å². The first-order valence-corrected chi connectivity index (χ1v) is 9.99. The smallest absolute Gasteiger partial charge is 0.240 e. The van der Waals surface area contributed by atoms with Crippen LogP contribution in [0.5, 0.6) is 0 Å². The topological polar surface area (TPSA) is 66.4 Å². The Bertz CT molecular complexity index is 604. The van der Waals surface area contributed by atoms with Crippen LogP contribution in [-0.2, 0) is 10.0 Å². The van der Waals surface area contributed by atoms with E-state index in [4.69, 9.17) is 5.11 Å². The van der Waals surface area contributed by atoms with Crippen molar-refractivity contribution < 1.29 is 13.5 Å².